The molecule has 0 fully saturated rings. The SMILES string of the molecule is COc1cccc(CCNC(=O)C(C)(C)CCN)c1. The lowest BCUT2D eigenvalue weighted by Crippen LogP contribution is -2.39. The van der Waals surface area contributed by atoms with Crippen LogP contribution in [0.25, 0.3) is 0 Å². The molecule has 3 N–H and O–H groups in total. The van der Waals surface area contributed by atoms with E-state index in [-0.39, 0.29) is 5.91 Å². The third kappa shape index (κ3) is 4.91. The van der Waals surface area contributed by atoms with E-state index in [0.717, 1.165) is 17.7 Å². The maximum absolute atomic E-state index is 12.0. The third-order valence-electron chi connectivity index (χ3n) is 3.22. The van der Waals surface area contributed by atoms with Crippen LogP contribution >= 0.6 is 0 Å². The monoisotopic (exact) mass is 264 g/mol. The van der Waals surface area contributed by atoms with Crippen LogP contribution in [0.1, 0.15) is 25.8 Å². The van der Waals surface area contributed by atoms with E-state index in [9.17, 15) is 4.79 Å². The molecule has 0 heterocycles. The number of amides is 1. The number of ether oxygens (including phenoxy) is 1. The van der Waals surface area contributed by atoms with Crippen molar-refractivity contribution in [2.24, 2.45) is 11.1 Å². The Kier molecular flexibility index (Phi) is 5.83. The lowest BCUT2D eigenvalue weighted by molar-refractivity contribution is -0.129. The molecule has 0 aliphatic carbocycles. The molecular formula is C15H24N2O2. The molecule has 1 aromatic rings. The molecule has 0 spiro atoms. The van der Waals surface area contributed by atoms with E-state index in [0.29, 0.717) is 19.5 Å². The van der Waals surface area contributed by atoms with Crippen LogP contribution in [-0.4, -0.2) is 26.1 Å². The van der Waals surface area contributed by atoms with Crippen LogP contribution in [0, 0.1) is 5.41 Å². The molecule has 0 aliphatic rings. The number of nitrogens with two attached hydrogens (primary N) is 1. The fourth-order valence-corrected chi connectivity index (χ4v) is 1.86. The summed E-state index contributed by atoms with van der Waals surface area (Å²) >= 11 is 0. The van der Waals surface area contributed by atoms with Gasteiger partial charge in [-0.05, 0) is 37.1 Å². The molecule has 0 bridgehead atoms. The lowest BCUT2D eigenvalue weighted by atomic mass is 9.88. The summed E-state index contributed by atoms with van der Waals surface area (Å²) in [6.45, 7) is 4.98. The molecule has 0 aliphatic heterocycles. The number of carbonyl (C=O) groups excluding carboxylic acids is 1. The van der Waals surface area contributed by atoms with Crippen molar-refractivity contribution >= 4 is 5.91 Å². The molecule has 1 amide bonds. The van der Waals surface area contributed by atoms with Crippen LogP contribution in [0.2, 0.25) is 0 Å². The number of hydrogen-bond donors (Lipinski definition) is 2. The summed E-state index contributed by atoms with van der Waals surface area (Å²) in [4.78, 5) is 12.0. The highest BCUT2D eigenvalue weighted by molar-refractivity contribution is 5.81. The van der Waals surface area contributed by atoms with Crippen LogP contribution < -0.4 is 15.8 Å². The topological polar surface area (TPSA) is 64.3 Å². The second-order valence-corrected chi connectivity index (χ2v) is 5.28. The number of nitrogens with one attached hydrogen (secondary N) is 1. The minimum absolute atomic E-state index is 0.0563. The molecule has 19 heavy (non-hydrogen) atoms. The van der Waals surface area contributed by atoms with Gasteiger partial charge in [0.2, 0.25) is 5.91 Å². The van der Waals surface area contributed by atoms with Crippen molar-refractivity contribution in [3.05, 3.63) is 29.8 Å². The van der Waals surface area contributed by atoms with E-state index in [2.05, 4.69) is 5.32 Å². The number of carbonyl (C=O) groups is 1. The van der Waals surface area contributed by atoms with Gasteiger partial charge < -0.3 is 15.8 Å². The predicted octanol–water partition coefficient (Wildman–Crippen LogP) is 1.73. The Morgan fingerprint density at radius 3 is 2.79 bits per heavy atom. The van der Waals surface area contributed by atoms with Crippen LogP contribution in [0.5, 0.6) is 5.75 Å². The molecular weight excluding hydrogens is 240 g/mol. The lowest BCUT2D eigenvalue weighted by Gasteiger charge is -2.22. The molecule has 0 aromatic heterocycles. The average Bonchev–Trinajstić information content (AvgIpc) is 2.38. The van der Waals surface area contributed by atoms with E-state index >= 15 is 0 Å². The van der Waals surface area contributed by atoms with Crippen molar-refractivity contribution in [2.45, 2.75) is 26.7 Å². The molecule has 4 heteroatoms. The zero-order valence-corrected chi connectivity index (χ0v) is 12.0. The molecule has 106 valence electrons. The first-order valence-corrected chi connectivity index (χ1v) is 6.61. The Hall–Kier alpha value is -1.55. The number of methoxy groups -OCH3 is 1. The van der Waals surface area contributed by atoms with Crippen molar-refractivity contribution in [3.8, 4) is 5.75 Å². The van der Waals surface area contributed by atoms with Crippen LogP contribution in [0.4, 0.5) is 0 Å². The third-order valence-corrected chi connectivity index (χ3v) is 3.22. The first kappa shape index (κ1) is 15.5. The molecule has 0 saturated carbocycles. The standard InChI is InChI=1S/C15H24N2O2/c1-15(2,8-9-16)14(18)17-10-7-12-5-4-6-13(11-12)19-3/h4-6,11H,7-10,16H2,1-3H3,(H,17,18). The molecule has 0 radical (unpaired) electrons. The van der Waals surface area contributed by atoms with Gasteiger partial charge in [-0.25, -0.2) is 0 Å². The highest BCUT2D eigenvalue weighted by atomic mass is 16.5. The number of benzene rings is 1. The van der Waals surface area contributed by atoms with Crippen LogP contribution in [0.15, 0.2) is 24.3 Å². The van der Waals surface area contributed by atoms with Crippen molar-refractivity contribution in [1.29, 1.82) is 0 Å². The number of rotatable bonds is 7. The summed E-state index contributed by atoms with van der Waals surface area (Å²) in [5, 5.41) is 2.96. The van der Waals surface area contributed by atoms with Gasteiger partial charge in [-0.15, -0.1) is 0 Å². The molecule has 0 unspecified atom stereocenters. The second-order valence-electron chi connectivity index (χ2n) is 5.28. The summed E-state index contributed by atoms with van der Waals surface area (Å²) in [6.07, 6.45) is 1.49. The van der Waals surface area contributed by atoms with E-state index in [4.69, 9.17) is 10.5 Å². The quantitative estimate of drug-likeness (QED) is 0.788. The van der Waals surface area contributed by atoms with Crippen molar-refractivity contribution in [1.82, 2.24) is 5.32 Å². The van der Waals surface area contributed by atoms with Crippen molar-refractivity contribution < 1.29 is 9.53 Å². The molecule has 1 rings (SSSR count). The van der Waals surface area contributed by atoms with Gasteiger partial charge in [0.25, 0.3) is 0 Å². The fourth-order valence-electron chi connectivity index (χ4n) is 1.86. The smallest absolute Gasteiger partial charge is 0.225 e. The summed E-state index contributed by atoms with van der Waals surface area (Å²) in [5.74, 6) is 0.896. The minimum Gasteiger partial charge on any atom is -0.497 e. The van der Waals surface area contributed by atoms with Crippen LogP contribution in [-0.2, 0) is 11.2 Å². The van der Waals surface area contributed by atoms with Gasteiger partial charge in [-0.1, -0.05) is 26.0 Å². The first-order valence-electron chi connectivity index (χ1n) is 6.61. The maximum Gasteiger partial charge on any atom is 0.225 e. The Morgan fingerprint density at radius 2 is 2.16 bits per heavy atom. The summed E-state index contributed by atoms with van der Waals surface area (Å²) in [5.41, 5.74) is 6.26. The Balaban J connectivity index is 2.43. The zero-order valence-electron chi connectivity index (χ0n) is 12.0. The first-order chi connectivity index (χ1) is 8.99. The van der Waals surface area contributed by atoms with E-state index in [1.165, 1.54) is 0 Å². The average molecular weight is 264 g/mol. The van der Waals surface area contributed by atoms with E-state index in [1.807, 2.05) is 38.1 Å². The zero-order chi connectivity index (χ0) is 14.3. The van der Waals surface area contributed by atoms with Gasteiger partial charge in [-0.2, -0.15) is 0 Å². The Morgan fingerprint density at radius 1 is 1.42 bits per heavy atom. The highest BCUT2D eigenvalue weighted by Crippen LogP contribution is 2.19. The summed E-state index contributed by atoms with van der Waals surface area (Å²) in [7, 11) is 1.65. The summed E-state index contributed by atoms with van der Waals surface area (Å²) < 4.78 is 5.17. The van der Waals surface area contributed by atoms with Gasteiger partial charge in [0.05, 0.1) is 7.11 Å². The molecule has 0 saturated heterocycles. The minimum atomic E-state index is -0.400. The largest absolute Gasteiger partial charge is 0.497 e. The van der Waals surface area contributed by atoms with E-state index < -0.39 is 5.41 Å². The van der Waals surface area contributed by atoms with Gasteiger partial charge >= 0.3 is 0 Å². The van der Waals surface area contributed by atoms with E-state index in [1.54, 1.807) is 7.11 Å². The maximum atomic E-state index is 12.0. The Bertz CT molecular complexity index is 416. The van der Waals surface area contributed by atoms with Crippen LogP contribution in [0.3, 0.4) is 0 Å². The normalized spacial score (nSPS) is 11.2. The van der Waals surface area contributed by atoms with Crippen molar-refractivity contribution in [2.75, 3.05) is 20.2 Å². The highest BCUT2D eigenvalue weighted by Gasteiger charge is 2.25. The van der Waals surface area contributed by atoms with Gasteiger partial charge in [0.1, 0.15) is 5.75 Å². The fraction of sp³-hybridized carbons (Fsp3) is 0.533. The summed E-state index contributed by atoms with van der Waals surface area (Å²) in [6, 6.07) is 7.87. The van der Waals surface area contributed by atoms with Crippen molar-refractivity contribution in [3.63, 3.8) is 0 Å². The molecule has 0 atom stereocenters. The second kappa shape index (κ2) is 7.14. The van der Waals surface area contributed by atoms with Gasteiger partial charge in [0, 0.05) is 12.0 Å². The Labute approximate surface area is 115 Å². The molecule has 4 nitrogen and oxygen atoms in total. The number of hydrogen-bond acceptors (Lipinski definition) is 3. The van der Waals surface area contributed by atoms with Gasteiger partial charge in [0.15, 0.2) is 0 Å². The predicted molar refractivity (Wildman–Crippen MR) is 77.2 cm³/mol. The molecule has 1 aromatic carbocycles. The van der Waals surface area contributed by atoms with Gasteiger partial charge in [-0.3, -0.25) is 4.79 Å².